The smallest absolute Gasteiger partial charge is 0.405 e. The Balaban J connectivity index is 1.44. The highest BCUT2D eigenvalue weighted by Gasteiger charge is 2.54. The minimum absolute atomic E-state index is 0.189. The predicted molar refractivity (Wildman–Crippen MR) is 129 cm³/mol. The number of nitrogens with one attached hydrogen (secondary N) is 3. The first-order chi connectivity index (χ1) is 18.0. The molecule has 0 radical (unpaired) electrons. The fourth-order valence-electron chi connectivity index (χ4n) is 3.61. The quantitative estimate of drug-likeness (QED) is 0.240. The Hall–Kier alpha value is -3.32. The minimum atomic E-state index is -4.64. The van der Waals surface area contributed by atoms with E-state index in [2.05, 4.69) is 26.2 Å². The molecule has 1 fully saturated rings. The molecule has 4 rings (SSSR count). The molecule has 204 valence electrons. The fourth-order valence-corrected chi connectivity index (χ4v) is 6.72. The summed E-state index contributed by atoms with van der Waals surface area (Å²) in [5.74, 6) is -2.33. The number of amides is 4. The van der Waals surface area contributed by atoms with E-state index in [-0.39, 0.29) is 17.2 Å². The predicted octanol–water partition coefficient (Wildman–Crippen LogP) is 0.705. The Labute approximate surface area is 224 Å². The molecule has 1 saturated heterocycles. The Morgan fingerprint density at radius 2 is 2.11 bits per heavy atom. The van der Waals surface area contributed by atoms with Crippen molar-refractivity contribution in [1.82, 2.24) is 41.1 Å². The molecule has 2 aliphatic rings. The molecule has 4 N–H and O–H groups in total. The van der Waals surface area contributed by atoms with Crippen molar-refractivity contribution in [2.24, 2.45) is 7.05 Å². The van der Waals surface area contributed by atoms with Crippen LogP contribution in [0.1, 0.15) is 10.9 Å². The van der Waals surface area contributed by atoms with E-state index in [9.17, 15) is 37.5 Å². The first-order valence-electron chi connectivity index (χ1n) is 10.7. The van der Waals surface area contributed by atoms with Crippen molar-refractivity contribution >= 4 is 58.7 Å². The average molecular weight is 593 g/mol. The standard InChI is InChI=1S/C19H19F3N8O5S3/c1-29-18(26-27-28-29)38-6-8-5-37-15-11(14(32)30(15)12(8)16(33)34)24-13(31)10(9-3-2-4-36-9)25-17(35)23-7-19(20,21)22/h2-4,10-11,15H,5-7H2,1H3,(H,24,31)(H,33,34)(H2,23,25,35)/t10?,11-,15?/m0/s1. The van der Waals surface area contributed by atoms with Gasteiger partial charge in [0.15, 0.2) is 0 Å². The van der Waals surface area contributed by atoms with Gasteiger partial charge < -0.3 is 21.1 Å². The number of halogens is 3. The van der Waals surface area contributed by atoms with E-state index < -0.39 is 54.0 Å². The number of tetrazole rings is 1. The van der Waals surface area contributed by atoms with Crippen LogP contribution in [-0.2, 0) is 21.4 Å². The second kappa shape index (κ2) is 11.2. The number of aryl methyl sites for hydroxylation is 1. The number of carboxylic acids is 1. The Bertz CT molecular complexity index is 1270. The highest BCUT2D eigenvalue weighted by Crippen LogP contribution is 2.41. The Kier molecular flexibility index (Phi) is 8.16. The maximum absolute atomic E-state index is 13.0. The average Bonchev–Trinajstić information content (AvgIpc) is 3.53. The lowest BCUT2D eigenvalue weighted by atomic mass is 10.0. The molecule has 3 atom stereocenters. The molecule has 4 heterocycles. The molecule has 2 aromatic rings. The number of nitrogens with zero attached hydrogens (tertiary/aromatic N) is 5. The maximum Gasteiger partial charge on any atom is 0.405 e. The van der Waals surface area contributed by atoms with Gasteiger partial charge in [0, 0.05) is 23.4 Å². The second-order valence-corrected chi connectivity index (χ2v) is 10.9. The van der Waals surface area contributed by atoms with Crippen molar-refractivity contribution in [2.45, 2.75) is 28.8 Å². The number of hydrogen-bond donors (Lipinski definition) is 4. The van der Waals surface area contributed by atoms with E-state index >= 15 is 0 Å². The minimum Gasteiger partial charge on any atom is -0.477 e. The number of carbonyl (C=O) groups is 4. The maximum atomic E-state index is 13.0. The zero-order valence-corrected chi connectivity index (χ0v) is 21.7. The molecular formula is C19H19F3N8O5S3. The first kappa shape index (κ1) is 27.7. The van der Waals surface area contributed by atoms with Crippen molar-refractivity contribution in [1.29, 1.82) is 0 Å². The summed E-state index contributed by atoms with van der Waals surface area (Å²) in [6.45, 7) is -1.59. The molecule has 2 aromatic heterocycles. The highest BCUT2D eigenvalue weighted by atomic mass is 32.2. The topological polar surface area (TPSA) is 171 Å². The summed E-state index contributed by atoms with van der Waals surface area (Å²) >= 11 is 3.53. The van der Waals surface area contributed by atoms with Gasteiger partial charge in [-0.15, -0.1) is 28.2 Å². The monoisotopic (exact) mass is 592 g/mol. The summed E-state index contributed by atoms with van der Waals surface area (Å²) in [6, 6.07) is -0.600. The highest BCUT2D eigenvalue weighted by molar-refractivity contribution is 8.01. The summed E-state index contributed by atoms with van der Waals surface area (Å²) in [6.07, 6.45) is -4.64. The Morgan fingerprint density at radius 1 is 1.34 bits per heavy atom. The van der Waals surface area contributed by atoms with Crippen LogP contribution in [0.3, 0.4) is 0 Å². The number of β-lactam (4-membered cyclic amide) rings is 1. The van der Waals surface area contributed by atoms with Gasteiger partial charge in [-0.05, 0) is 27.4 Å². The summed E-state index contributed by atoms with van der Waals surface area (Å²) < 4.78 is 38.8. The normalized spacial score (nSPS) is 19.9. The van der Waals surface area contributed by atoms with Gasteiger partial charge in [0.05, 0.1) is 0 Å². The van der Waals surface area contributed by atoms with Gasteiger partial charge in [0.2, 0.25) is 11.1 Å². The number of carbonyl (C=O) groups excluding carboxylic acids is 3. The van der Waals surface area contributed by atoms with Crippen LogP contribution in [0.15, 0.2) is 33.9 Å². The van der Waals surface area contributed by atoms with Crippen LogP contribution in [0, 0.1) is 0 Å². The third-order valence-electron chi connectivity index (χ3n) is 5.32. The summed E-state index contributed by atoms with van der Waals surface area (Å²) in [5, 5.41) is 28.6. The van der Waals surface area contributed by atoms with Gasteiger partial charge in [-0.25, -0.2) is 14.3 Å². The number of urea groups is 1. The van der Waals surface area contributed by atoms with E-state index in [0.29, 0.717) is 15.6 Å². The van der Waals surface area contributed by atoms with Crippen LogP contribution in [-0.4, -0.2) is 89.7 Å². The van der Waals surface area contributed by atoms with Crippen LogP contribution in [0.25, 0.3) is 0 Å². The first-order valence-corrected chi connectivity index (χ1v) is 13.6. The number of carboxylic acid groups (broad SMARTS) is 1. The number of alkyl halides is 3. The third kappa shape index (κ3) is 6.04. The van der Waals surface area contributed by atoms with Gasteiger partial charge in [0.25, 0.3) is 5.91 Å². The molecule has 13 nitrogen and oxygen atoms in total. The molecular weight excluding hydrogens is 573 g/mol. The van der Waals surface area contributed by atoms with Gasteiger partial charge in [-0.1, -0.05) is 17.8 Å². The van der Waals surface area contributed by atoms with Crippen LogP contribution in [0.5, 0.6) is 0 Å². The molecule has 2 unspecified atom stereocenters. The van der Waals surface area contributed by atoms with Gasteiger partial charge >= 0.3 is 18.2 Å². The van der Waals surface area contributed by atoms with E-state index in [0.717, 1.165) is 16.2 Å². The van der Waals surface area contributed by atoms with E-state index in [1.165, 1.54) is 34.3 Å². The van der Waals surface area contributed by atoms with Crippen LogP contribution in [0.2, 0.25) is 0 Å². The number of rotatable bonds is 9. The lowest BCUT2D eigenvalue weighted by Crippen LogP contribution is -2.71. The molecule has 2 aliphatic heterocycles. The van der Waals surface area contributed by atoms with E-state index in [4.69, 9.17) is 0 Å². The summed E-state index contributed by atoms with van der Waals surface area (Å²) in [4.78, 5) is 51.5. The molecule has 38 heavy (non-hydrogen) atoms. The SMILES string of the molecule is Cn1nnnc1SCC1=C(C(=O)O)N2C(=O)[C@H](NC(=O)C(NC(=O)NCC(F)(F)F)c3cccs3)C2SC1. The number of aliphatic carboxylic acids is 1. The van der Waals surface area contributed by atoms with Crippen molar-refractivity contribution < 1.29 is 37.5 Å². The van der Waals surface area contributed by atoms with E-state index in [1.807, 2.05) is 0 Å². The summed E-state index contributed by atoms with van der Waals surface area (Å²) in [5.41, 5.74) is 0.288. The zero-order chi connectivity index (χ0) is 27.6. The van der Waals surface area contributed by atoms with Crippen LogP contribution >= 0.6 is 34.9 Å². The molecule has 0 spiro atoms. The molecule has 0 saturated carbocycles. The lowest BCUT2D eigenvalue weighted by Gasteiger charge is -2.49. The lowest BCUT2D eigenvalue weighted by molar-refractivity contribution is -0.150. The van der Waals surface area contributed by atoms with Gasteiger partial charge in [-0.2, -0.15) is 13.2 Å². The number of thiophene rings is 1. The number of hydrogen-bond acceptors (Lipinski definition) is 10. The molecule has 19 heteroatoms. The number of fused-ring (bicyclic) bond motifs is 1. The third-order valence-corrected chi connectivity index (χ3v) is 8.69. The number of thioether (sulfide) groups is 2. The molecule has 4 amide bonds. The van der Waals surface area contributed by atoms with Gasteiger partial charge in [0.1, 0.15) is 29.7 Å². The van der Waals surface area contributed by atoms with Gasteiger partial charge in [-0.3, -0.25) is 14.5 Å². The molecule has 0 bridgehead atoms. The van der Waals surface area contributed by atoms with Crippen molar-refractivity contribution in [3.8, 4) is 0 Å². The Morgan fingerprint density at radius 3 is 2.71 bits per heavy atom. The molecule has 0 aliphatic carbocycles. The molecule has 0 aromatic carbocycles. The van der Waals surface area contributed by atoms with Crippen molar-refractivity contribution in [2.75, 3.05) is 18.1 Å². The fraction of sp³-hybridized carbons (Fsp3) is 0.421. The van der Waals surface area contributed by atoms with Crippen molar-refractivity contribution in [3.63, 3.8) is 0 Å². The van der Waals surface area contributed by atoms with Crippen LogP contribution < -0.4 is 16.0 Å². The second-order valence-electron chi connectivity index (χ2n) is 7.92. The number of aromatic nitrogens is 4. The van der Waals surface area contributed by atoms with Crippen molar-refractivity contribution in [3.05, 3.63) is 33.7 Å². The van der Waals surface area contributed by atoms with E-state index in [1.54, 1.807) is 23.8 Å². The summed E-state index contributed by atoms with van der Waals surface area (Å²) in [7, 11) is 1.63. The van der Waals surface area contributed by atoms with Crippen LogP contribution in [0.4, 0.5) is 18.0 Å². The zero-order valence-electron chi connectivity index (χ0n) is 19.3. The largest absolute Gasteiger partial charge is 0.477 e.